The molecule has 6 rings (SSSR count). The van der Waals surface area contributed by atoms with E-state index in [1.54, 1.807) is 18.3 Å². The van der Waals surface area contributed by atoms with Crippen molar-refractivity contribution in [3.05, 3.63) is 88.8 Å². The zero-order chi connectivity index (χ0) is 38.9. The normalized spacial score (nSPS) is 15.7. The Bertz CT molecular complexity index is 2220. The molecule has 1 unspecified atom stereocenters. The Morgan fingerprint density at radius 1 is 0.909 bits per heavy atom. The van der Waals surface area contributed by atoms with Crippen LogP contribution in [0, 0.1) is 11.3 Å². The van der Waals surface area contributed by atoms with Crippen molar-refractivity contribution in [2.24, 2.45) is 7.05 Å². The molecule has 0 spiro atoms. The van der Waals surface area contributed by atoms with E-state index in [9.17, 15) is 24.4 Å². The van der Waals surface area contributed by atoms with E-state index in [-0.39, 0.29) is 56.3 Å². The van der Waals surface area contributed by atoms with Crippen molar-refractivity contribution >= 4 is 46.7 Å². The smallest absolute Gasteiger partial charge is 0.262 e. The summed E-state index contributed by atoms with van der Waals surface area (Å²) in [7, 11) is 2.06. The third kappa shape index (κ3) is 8.51. The van der Waals surface area contributed by atoms with Crippen LogP contribution in [0.4, 0.5) is 0 Å². The van der Waals surface area contributed by atoms with Gasteiger partial charge in [0.05, 0.1) is 37.6 Å². The Labute approximate surface area is 319 Å². The molecule has 13 nitrogen and oxygen atoms in total. The van der Waals surface area contributed by atoms with Crippen LogP contribution in [0.25, 0.3) is 34.2 Å². The highest BCUT2D eigenvalue weighted by molar-refractivity contribution is 6.23. The molecule has 2 aliphatic rings. The van der Waals surface area contributed by atoms with Gasteiger partial charge in [-0.05, 0) is 61.7 Å². The van der Waals surface area contributed by atoms with Gasteiger partial charge in [-0.15, -0.1) is 0 Å². The number of amides is 4. The summed E-state index contributed by atoms with van der Waals surface area (Å²) in [4.78, 5) is 55.0. The molecule has 4 amide bonds. The van der Waals surface area contributed by atoms with Crippen LogP contribution in [0.5, 0.6) is 11.6 Å². The second-order valence-corrected chi connectivity index (χ2v) is 13.0. The second kappa shape index (κ2) is 17.8. The number of nitrogens with zero attached hydrogens (tertiary/aromatic N) is 4. The van der Waals surface area contributed by atoms with Crippen molar-refractivity contribution in [2.75, 3.05) is 39.6 Å². The van der Waals surface area contributed by atoms with E-state index in [2.05, 4.69) is 71.3 Å². The molecule has 4 aromatic rings. The Balaban J connectivity index is 0.926. The number of benzene rings is 2. The zero-order valence-corrected chi connectivity index (χ0v) is 31.1. The fraction of sp³-hybridized carbons (Fsp3) is 0.333. The summed E-state index contributed by atoms with van der Waals surface area (Å²) in [6.45, 7) is 5.69. The number of pyridine rings is 1. The number of aryl methyl sites for hydroxylation is 1. The van der Waals surface area contributed by atoms with Gasteiger partial charge in [0.25, 0.3) is 11.8 Å². The maximum Gasteiger partial charge on any atom is 0.262 e. The molecule has 1 saturated heterocycles. The van der Waals surface area contributed by atoms with Crippen molar-refractivity contribution in [3.8, 4) is 28.8 Å². The summed E-state index contributed by atoms with van der Waals surface area (Å²) in [6.07, 6.45) is 12.5. The molecule has 0 saturated carbocycles. The maximum absolute atomic E-state index is 13.0. The number of carbonyl (C=O) groups is 4. The third-order valence-corrected chi connectivity index (χ3v) is 9.40. The van der Waals surface area contributed by atoms with E-state index < -0.39 is 29.7 Å². The van der Waals surface area contributed by atoms with Crippen LogP contribution in [0.1, 0.15) is 77.1 Å². The molecule has 0 aliphatic carbocycles. The largest absolute Gasteiger partial charge is 0.491 e. The van der Waals surface area contributed by atoms with Gasteiger partial charge in [-0.1, -0.05) is 43.7 Å². The van der Waals surface area contributed by atoms with Crippen LogP contribution >= 0.6 is 0 Å². The van der Waals surface area contributed by atoms with Gasteiger partial charge in [0.1, 0.15) is 36.6 Å². The van der Waals surface area contributed by atoms with Gasteiger partial charge in [0.2, 0.25) is 17.7 Å². The molecule has 55 heavy (non-hydrogen) atoms. The number of allylic oxidation sites excluding steroid dienone is 2. The summed E-state index contributed by atoms with van der Waals surface area (Å²) in [5, 5.41) is 13.2. The summed E-state index contributed by atoms with van der Waals surface area (Å²) in [6, 6.07) is 13.8. The topological polar surface area (TPSA) is 162 Å². The molecule has 2 aromatic carbocycles. The van der Waals surface area contributed by atoms with Crippen LogP contribution in [0.3, 0.4) is 0 Å². The van der Waals surface area contributed by atoms with E-state index >= 15 is 0 Å². The lowest BCUT2D eigenvalue weighted by atomic mass is 10.0. The number of rotatable bonds is 17. The Hall–Kier alpha value is -6.10. The lowest BCUT2D eigenvalue weighted by Gasteiger charge is -2.27. The Morgan fingerprint density at radius 3 is 2.38 bits per heavy atom. The predicted octanol–water partition coefficient (Wildman–Crippen LogP) is 5.85. The van der Waals surface area contributed by atoms with Gasteiger partial charge in [-0.25, -0.2) is 4.98 Å². The van der Waals surface area contributed by atoms with E-state index in [0.717, 1.165) is 45.5 Å². The van der Waals surface area contributed by atoms with Crippen molar-refractivity contribution in [2.45, 2.75) is 45.6 Å². The van der Waals surface area contributed by atoms with Crippen LogP contribution < -0.4 is 14.8 Å². The molecule has 4 heterocycles. The standard InChI is InChI=1S/C42H43N5O8/c1-4-6-7-9-31-32-12-10-27(23-37(32)46(3)35(31)8-5-2)29-22-28(25-43)40(44-26-29)55-21-19-53-17-16-52-18-20-54-30-11-13-33-34(24-30)42(51)47(41(33)50)36-14-15-38(48)45-39(36)49/h5,7-13,22-24,26,36H,4,6,14-21H2,1-3H3,(H,45,48,49)/b8-5-,9-7-. The number of ether oxygens (including phenoxy) is 4. The molecule has 1 atom stereocenters. The molecular formula is C42H43N5O8. The predicted molar refractivity (Wildman–Crippen MR) is 205 cm³/mol. The fourth-order valence-electron chi connectivity index (χ4n) is 6.65. The first-order chi connectivity index (χ1) is 26.7. The van der Waals surface area contributed by atoms with Gasteiger partial charge in [0.15, 0.2) is 0 Å². The van der Waals surface area contributed by atoms with Gasteiger partial charge in [0, 0.05) is 47.4 Å². The number of imide groups is 2. The highest BCUT2D eigenvalue weighted by atomic mass is 16.6. The Morgan fingerprint density at radius 2 is 1.65 bits per heavy atom. The molecule has 2 aromatic heterocycles. The van der Waals surface area contributed by atoms with Crippen LogP contribution in [0.15, 0.2) is 60.8 Å². The maximum atomic E-state index is 13.0. The van der Waals surface area contributed by atoms with Gasteiger partial charge in [-0.2, -0.15) is 5.26 Å². The average molecular weight is 746 g/mol. The zero-order valence-electron chi connectivity index (χ0n) is 31.1. The van der Waals surface area contributed by atoms with Crippen LogP contribution in [-0.2, 0) is 26.1 Å². The van der Waals surface area contributed by atoms with Crippen LogP contribution in [0.2, 0.25) is 0 Å². The minimum Gasteiger partial charge on any atom is -0.491 e. The first-order valence-corrected chi connectivity index (χ1v) is 18.3. The number of fused-ring (bicyclic) bond motifs is 2. The number of aromatic nitrogens is 2. The summed E-state index contributed by atoms with van der Waals surface area (Å²) in [5.74, 6) is -1.65. The molecular weight excluding hydrogens is 702 g/mol. The molecule has 1 fully saturated rings. The van der Waals surface area contributed by atoms with Gasteiger partial charge >= 0.3 is 0 Å². The van der Waals surface area contributed by atoms with E-state index in [1.807, 2.05) is 13.0 Å². The lowest BCUT2D eigenvalue weighted by Crippen LogP contribution is -2.54. The molecule has 13 heteroatoms. The van der Waals surface area contributed by atoms with Crippen molar-refractivity contribution in [1.29, 1.82) is 5.26 Å². The molecule has 0 bridgehead atoms. The first kappa shape index (κ1) is 38.6. The Kier molecular flexibility index (Phi) is 12.5. The van der Waals surface area contributed by atoms with Crippen molar-refractivity contribution < 1.29 is 38.1 Å². The van der Waals surface area contributed by atoms with Crippen molar-refractivity contribution in [3.63, 3.8) is 0 Å². The lowest BCUT2D eigenvalue weighted by molar-refractivity contribution is -0.136. The number of carbonyl (C=O) groups excluding carboxylic acids is 4. The van der Waals surface area contributed by atoms with Gasteiger partial charge < -0.3 is 23.5 Å². The molecule has 2 aliphatic heterocycles. The van der Waals surface area contributed by atoms with Gasteiger partial charge in [-0.3, -0.25) is 29.4 Å². The number of piperidine rings is 1. The summed E-state index contributed by atoms with van der Waals surface area (Å²) >= 11 is 0. The number of unbranched alkanes of at least 4 members (excludes halogenated alkanes) is 1. The summed E-state index contributed by atoms with van der Waals surface area (Å²) in [5.41, 5.74) is 5.84. The number of nitrogens with one attached hydrogen (secondary N) is 1. The third-order valence-electron chi connectivity index (χ3n) is 9.40. The van der Waals surface area contributed by atoms with E-state index in [4.69, 9.17) is 18.9 Å². The number of hydrogen-bond acceptors (Lipinski definition) is 10. The van der Waals surface area contributed by atoms with E-state index in [1.165, 1.54) is 17.7 Å². The fourth-order valence-corrected chi connectivity index (χ4v) is 6.65. The number of hydrogen-bond donors (Lipinski definition) is 1. The molecule has 284 valence electrons. The second-order valence-electron chi connectivity index (χ2n) is 13.0. The molecule has 0 radical (unpaired) electrons. The quantitative estimate of drug-likeness (QED) is 0.103. The summed E-state index contributed by atoms with van der Waals surface area (Å²) < 4.78 is 24.9. The minimum atomic E-state index is -1.03. The monoisotopic (exact) mass is 745 g/mol. The number of nitriles is 1. The van der Waals surface area contributed by atoms with Crippen molar-refractivity contribution in [1.82, 2.24) is 19.8 Å². The minimum absolute atomic E-state index is 0.0528. The average Bonchev–Trinajstić information content (AvgIpc) is 3.59. The highest BCUT2D eigenvalue weighted by Gasteiger charge is 2.44. The highest BCUT2D eigenvalue weighted by Crippen LogP contribution is 2.33. The van der Waals surface area contributed by atoms with E-state index in [0.29, 0.717) is 24.5 Å². The molecule has 1 N–H and O–H groups in total. The SMILES string of the molecule is C/C=C\c1c(/C=C\CCC)c2ccc(-c3cnc(OCCOCCOCCOc4ccc5c(c4)C(=O)N(C4CCC(=O)NC4=O)C5=O)c(C#N)c3)cc2n1C. The van der Waals surface area contributed by atoms with Crippen LogP contribution in [-0.4, -0.2) is 83.8 Å². The first-order valence-electron chi connectivity index (χ1n) is 18.3.